The van der Waals surface area contributed by atoms with E-state index in [9.17, 15) is 1.37 Å². The van der Waals surface area contributed by atoms with Gasteiger partial charge in [-0.05, 0) is 84.1 Å². The molecule has 0 unspecified atom stereocenters. The minimum absolute atomic E-state index is 0.525. The molecule has 0 amide bonds. The van der Waals surface area contributed by atoms with Crippen LogP contribution in [0.4, 0.5) is 0 Å². The second-order valence-corrected chi connectivity index (χ2v) is 11.1. The Morgan fingerprint density at radius 3 is 1.79 bits per heavy atom. The molecule has 43 heavy (non-hydrogen) atoms. The summed E-state index contributed by atoms with van der Waals surface area (Å²) in [5.74, 6) is 1.76. The van der Waals surface area contributed by atoms with Crippen LogP contribution in [0.3, 0.4) is 0 Å². The highest BCUT2D eigenvalue weighted by molar-refractivity contribution is 6.24. The molecule has 0 N–H and O–H groups in total. The molecule has 9 rings (SSSR count). The van der Waals surface area contributed by atoms with Crippen LogP contribution in [-0.4, -0.2) is 0 Å². The summed E-state index contributed by atoms with van der Waals surface area (Å²) in [4.78, 5) is 0. The second-order valence-electron chi connectivity index (χ2n) is 11.1. The highest BCUT2D eigenvalue weighted by Crippen LogP contribution is 2.51. The predicted molar refractivity (Wildman–Crippen MR) is 181 cm³/mol. The fourth-order valence-electron chi connectivity index (χ4n) is 6.90. The van der Waals surface area contributed by atoms with Crippen molar-refractivity contribution in [3.8, 4) is 56.0 Å². The summed E-state index contributed by atoms with van der Waals surface area (Å²) >= 11 is 0. The van der Waals surface area contributed by atoms with Gasteiger partial charge in [0.25, 0.3) is 0 Å². The molecular formula is C42H26O. The first-order valence-corrected chi connectivity index (χ1v) is 14.7. The molecule has 0 aromatic heterocycles. The fourth-order valence-corrected chi connectivity index (χ4v) is 6.90. The smallest absolute Gasteiger partial charge is 0.135 e. The van der Waals surface area contributed by atoms with E-state index in [1.807, 2.05) is 30.3 Å². The van der Waals surface area contributed by atoms with E-state index in [0.29, 0.717) is 6.04 Å². The van der Waals surface area contributed by atoms with E-state index < -0.39 is 0 Å². The van der Waals surface area contributed by atoms with Crippen molar-refractivity contribution in [2.75, 3.05) is 0 Å². The maximum absolute atomic E-state index is 9.20. The SMILES string of the molecule is [2H]c1cccc2c(-c3ccc4c5c(cccc35)-c3ccccc3O4)c3ccccc3c(-c3ccc(-c4ccccc4)cc3)c12. The Labute approximate surface area is 251 Å². The molecule has 0 aliphatic carbocycles. The Morgan fingerprint density at radius 1 is 0.349 bits per heavy atom. The Hall–Kier alpha value is -5.66. The van der Waals surface area contributed by atoms with Gasteiger partial charge in [-0.1, -0.05) is 140 Å². The number of hydrogen-bond donors (Lipinski definition) is 0. The van der Waals surface area contributed by atoms with E-state index in [4.69, 9.17) is 4.74 Å². The van der Waals surface area contributed by atoms with Gasteiger partial charge in [-0.25, -0.2) is 0 Å². The summed E-state index contributed by atoms with van der Waals surface area (Å²) in [7, 11) is 0. The molecular weight excluding hydrogens is 520 g/mol. The van der Waals surface area contributed by atoms with E-state index in [0.717, 1.165) is 66.2 Å². The molecule has 1 heterocycles. The zero-order chi connectivity index (χ0) is 29.2. The highest BCUT2D eigenvalue weighted by Gasteiger charge is 2.23. The van der Waals surface area contributed by atoms with Crippen molar-refractivity contribution < 1.29 is 6.11 Å². The van der Waals surface area contributed by atoms with Crippen molar-refractivity contribution in [2.45, 2.75) is 0 Å². The third-order valence-electron chi connectivity index (χ3n) is 8.79. The van der Waals surface area contributed by atoms with Crippen LogP contribution in [0.25, 0.3) is 76.8 Å². The molecule has 0 saturated heterocycles. The summed E-state index contributed by atoms with van der Waals surface area (Å²) in [6.07, 6.45) is 0. The lowest BCUT2D eigenvalue weighted by Gasteiger charge is -2.24. The summed E-state index contributed by atoms with van der Waals surface area (Å²) < 4.78 is 15.6. The monoisotopic (exact) mass is 547 g/mol. The van der Waals surface area contributed by atoms with Crippen LogP contribution in [0.2, 0.25) is 0 Å². The van der Waals surface area contributed by atoms with Gasteiger partial charge in [0.1, 0.15) is 11.5 Å². The van der Waals surface area contributed by atoms with Crippen molar-refractivity contribution in [1.29, 1.82) is 0 Å². The van der Waals surface area contributed by atoms with Gasteiger partial charge < -0.3 is 4.74 Å². The van der Waals surface area contributed by atoms with Gasteiger partial charge in [-0.3, -0.25) is 0 Å². The first-order valence-electron chi connectivity index (χ1n) is 15.2. The minimum Gasteiger partial charge on any atom is -0.456 e. The van der Waals surface area contributed by atoms with Crippen LogP contribution in [-0.2, 0) is 0 Å². The Kier molecular flexibility index (Phi) is 5.04. The van der Waals surface area contributed by atoms with Gasteiger partial charge in [-0.2, -0.15) is 0 Å². The summed E-state index contributed by atoms with van der Waals surface area (Å²) in [5.41, 5.74) is 9.18. The zero-order valence-corrected chi connectivity index (χ0v) is 23.3. The van der Waals surface area contributed by atoms with Gasteiger partial charge in [0.15, 0.2) is 0 Å². The third-order valence-corrected chi connectivity index (χ3v) is 8.79. The number of rotatable bonds is 3. The normalized spacial score (nSPS) is 12.2. The molecule has 8 aromatic carbocycles. The van der Waals surface area contributed by atoms with Crippen molar-refractivity contribution in [1.82, 2.24) is 0 Å². The van der Waals surface area contributed by atoms with Crippen molar-refractivity contribution in [3.63, 3.8) is 0 Å². The van der Waals surface area contributed by atoms with Gasteiger partial charge in [0.2, 0.25) is 0 Å². The van der Waals surface area contributed by atoms with E-state index in [1.165, 1.54) is 22.1 Å². The topological polar surface area (TPSA) is 9.23 Å². The van der Waals surface area contributed by atoms with Crippen molar-refractivity contribution in [3.05, 3.63) is 158 Å². The fraction of sp³-hybridized carbons (Fsp3) is 0. The van der Waals surface area contributed by atoms with Gasteiger partial charge in [0, 0.05) is 10.9 Å². The molecule has 0 radical (unpaired) electrons. The summed E-state index contributed by atoms with van der Waals surface area (Å²) in [6.45, 7) is 0. The first-order chi connectivity index (χ1) is 21.8. The molecule has 1 nitrogen and oxygen atoms in total. The van der Waals surface area contributed by atoms with E-state index >= 15 is 0 Å². The minimum atomic E-state index is 0.525. The average Bonchev–Trinajstić information content (AvgIpc) is 3.08. The maximum Gasteiger partial charge on any atom is 0.135 e. The van der Waals surface area contributed by atoms with Gasteiger partial charge in [0.05, 0.1) is 1.37 Å². The predicted octanol–water partition coefficient (Wildman–Crippen LogP) is 11.9. The van der Waals surface area contributed by atoms with E-state index in [-0.39, 0.29) is 0 Å². The summed E-state index contributed by atoms with van der Waals surface area (Å²) in [5, 5.41) is 6.64. The maximum atomic E-state index is 9.20. The molecule has 1 aliphatic heterocycles. The van der Waals surface area contributed by atoms with Crippen LogP contribution >= 0.6 is 0 Å². The van der Waals surface area contributed by atoms with Crippen LogP contribution in [0.15, 0.2) is 158 Å². The largest absolute Gasteiger partial charge is 0.456 e. The van der Waals surface area contributed by atoms with Crippen LogP contribution < -0.4 is 4.74 Å². The molecule has 8 aromatic rings. The first kappa shape index (κ1) is 23.0. The van der Waals surface area contributed by atoms with Crippen LogP contribution in [0.5, 0.6) is 11.5 Å². The standard InChI is InChI=1S/C42H26O/c1-2-11-27(12-3-1)28-21-23-29(24-22-28)40-32-14-4-6-16-34(32)41(35-17-7-5-15-33(35)40)37-25-26-39-42-31(18-10-19-36(37)42)30-13-8-9-20-38(30)43-39/h1-26H/i14D. The Morgan fingerprint density at radius 2 is 0.953 bits per heavy atom. The molecule has 1 heteroatoms. The number of hydrogen-bond acceptors (Lipinski definition) is 1. The van der Waals surface area contributed by atoms with Crippen molar-refractivity contribution in [2.24, 2.45) is 0 Å². The molecule has 0 spiro atoms. The molecule has 0 saturated carbocycles. The molecule has 0 fully saturated rings. The third kappa shape index (κ3) is 3.65. The molecule has 0 atom stereocenters. The van der Waals surface area contributed by atoms with Gasteiger partial charge >= 0.3 is 0 Å². The molecule has 200 valence electrons. The molecule has 0 bridgehead atoms. The number of para-hydroxylation sites is 1. The van der Waals surface area contributed by atoms with Crippen LogP contribution in [0.1, 0.15) is 1.37 Å². The number of benzene rings is 8. The Bertz CT molecular complexity index is 2410. The lowest BCUT2D eigenvalue weighted by Crippen LogP contribution is -1.98. The van der Waals surface area contributed by atoms with E-state index in [2.05, 4.69) is 121 Å². The highest BCUT2D eigenvalue weighted by atomic mass is 16.5. The number of fused-ring (bicyclic) bond motifs is 4. The Balaban J connectivity index is 1.35. The zero-order valence-electron chi connectivity index (χ0n) is 24.3. The van der Waals surface area contributed by atoms with Crippen molar-refractivity contribution >= 4 is 32.3 Å². The second kappa shape index (κ2) is 9.44. The lowest BCUT2D eigenvalue weighted by molar-refractivity contribution is 0.487. The quantitative estimate of drug-likeness (QED) is 0.200. The lowest BCUT2D eigenvalue weighted by atomic mass is 9.83. The average molecular weight is 548 g/mol. The van der Waals surface area contributed by atoms with Crippen LogP contribution in [0, 0.1) is 0 Å². The van der Waals surface area contributed by atoms with E-state index in [1.54, 1.807) is 0 Å². The molecule has 1 aliphatic rings. The summed E-state index contributed by atoms with van der Waals surface area (Å²) in [6, 6.07) is 53.6. The van der Waals surface area contributed by atoms with Gasteiger partial charge in [-0.15, -0.1) is 0 Å². The number of ether oxygens (including phenoxy) is 1.